The predicted octanol–water partition coefficient (Wildman–Crippen LogP) is 3.09. The van der Waals surface area contributed by atoms with Gasteiger partial charge in [0, 0.05) is 17.5 Å². The number of hydrogen-bond donors (Lipinski definition) is 2. The summed E-state index contributed by atoms with van der Waals surface area (Å²) in [5.41, 5.74) is 0. The summed E-state index contributed by atoms with van der Waals surface area (Å²) in [6.45, 7) is 3.63. The van der Waals surface area contributed by atoms with Crippen molar-refractivity contribution in [2.45, 2.75) is 50.1 Å². The number of fused-ring (bicyclic) bond motifs is 2. The number of hydrogen-bond acceptors (Lipinski definition) is 4. The first-order valence-electron chi connectivity index (χ1n) is 7.51. The molecule has 2 aliphatic carbocycles. The van der Waals surface area contributed by atoms with E-state index in [4.69, 9.17) is 0 Å². The molecule has 1 aromatic heterocycles. The number of sulfonamides is 1. The van der Waals surface area contributed by atoms with Crippen molar-refractivity contribution in [3.63, 3.8) is 0 Å². The highest BCUT2D eigenvalue weighted by Gasteiger charge is 2.41. The fourth-order valence-corrected chi connectivity index (χ4v) is 7.54. The van der Waals surface area contributed by atoms with Crippen LogP contribution in [0.3, 0.4) is 0 Å². The van der Waals surface area contributed by atoms with E-state index in [1.54, 1.807) is 6.07 Å². The Morgan fingerprint density at radius 3 is 2.81 bits per heavy atom. The highest BCUT2D eigenvalue weighted by atomic mass is 79.9. The topological polar surface area (TPSA) is 58.2 Å². The van der Waals surface area contributed by atoms with Crippen molar-refractivity contribution in [1.82, 2.24) is 10.0 Å². The number of halogens is 1. The van der Waals surface area contributed by atoms with Gasteiger partial charge >= 0.3 is 0 Å². The van der Waals surface area contributed by atoms with E-state index in [2.05, 4.69) is 26.0 Å². The van der Waals surface area contributed by atoms with Gasteiger partial charge in [0.25, 0.3) is 0 Å². The summed E-state index contributed by atoms with van der Waals surface area (Å²) in [5.74, 6) is 1.28. The summed E-state index contributed by atoms with van der Waals surface area (Å²) >= 11 is 4.90. The summed E-state index contributed by atoms with van der Waals surface area (Å²) in [6.07, 6.45) is 4.66. The second-order valence-corrected chi connectivity index (χ2v) is 10.2. The van der Waals surface area contributed by atoms with Gasteiger partial charge in [0.1, 0.15) is 4.90 Å². The average molecular weight is 393 g/mol. The van der Waals surface area contributed by atoms with E-state index in [0.717, 1.165) is 23.8 Å². The van der Waals surface area contributed by atoms with Crippen LogP contribution in [0.15, 0.2) is 14.7 Å². The van der Waals surface area contributed by atoms with Crippen LogP contribution in [-0.2, 0) is 16.6 Å². The monoisotopic (exact) mass is 392 g/mol. The number of nitrogens with one attached hydrogen (secondary N) is 2. The molecule has 0 radical (unpaired) electrons. The molecule has 1 aromatic rings. The van der Waals surface area contributed by atoms with Crippen LogP contribution in [0.2, 0.25) is 0 Å². The van der Waals surface area contributed by atoms with E-state index < -0.39 is 10.0 Å². The van der Waals surface area contributed by atoms with E-state index in [1.807, 2.05) is 6.92 Å². The molecule has 2 aliphatic rings. The van der Waals surface area contributed by atoms with Crippen LogP contribution in [0.25, 0.3) is 0 Å². The van der Waals surface area contributed by atoms with Gasteiger partial charge in [-0.25, -0.2) is 13.1 Å². The third-order valence-corrected chi connectivity index (χ3v) is 8.33. The quantitative estimate of drug-likeness (QED) is 0.781. The Morgan fingerprint density at radius 1 is 1.38 bits per heavy atom. The van der Waals surface area contributed by atoms with Crippen molar-refractivity contribution in [3.8, 4) is 0 Å². The zero-order chi connectivity index (χ0) is 15.0. The molecule has 3 unspecified atom stereocenters. The number of rotatable bonds is 6. The van der Waals surface area contributed by atoms with Gasteiger partial charge in [0.05, 0.1) is 3.79 Å². The van der Waals surface area contributed by atoms with Gasteiger partial charge in [-0.2, -0.15) is 0 Å². The second-order valence-electron chi connectivity index (χ2n) is 6.03. The van der Waals surface area contributed by atoms with Crippen LogP contribution < -0.4 is 10.0 Å². The van der Waals surface area contributed by atoms with Crippen molar-refractivity contribution in [2.24, 2.45) is 11.8 Å². The molecule has 3 atom stereocenters. The fraction of sp³-hybridized carbons (Fsp3) is 0.714. The summed E-state index contributed by atoms with van der Waals surface area (Å²) in [5, 5.41) is 3.23. The van der Waals surface area contributed by atoms with Crippen LogP contribution in [0.4, 0.5) is 0 Å². The first-order chi connectivity index (χ1) is 9.99. The molecule has 2 bridgehead atoms. The normalized spacial score (nSPS) is 28.4. The molecular weight excluding hydrogens is 372 g/mol. The highest BCUT2D eigenvalue weighted by molar-refractivity contribution is 9.11. The van der Waals surface area contributed by atoms with Gasteiger partial charge in [-0.05, 0) is 59.6 Å². The molecule has 4 nitrogen and oxygen atoms in total. The summed E-state index contributed by atoms with van der Waals surface area (Å²) in [7, 11) is -3.42. The molecule has 1 heterocycles. The van der Waals surface area contributed by atoms with Gasteiger partial charge in [0.15, 0.2) is 0 Å². The van der Waals surface area contributed by atoms with Crippen molar-refractivity contribution in [2.75, 3.05) is 6.54 Å². The molecule has 2 N–H and O–H groups in total. The van der Waals surface area contributed by atoms with Gasteiger partial charge in [-0.3, -0.25) is 0 Å². The third-order valence-electron chi connectivity index (χ3n) is 4.59. The molecule has 0 spiro atoms. The molecule has 0 saturated heterocycles. The largest absolute Gasteiger partial charge is 0.312 e. The lowest BCUT2D eigenvalue weighted by atomic mass is 9.96. The van der Waals surface area contributed by atoms with Crippen molar-refractivity contribution >= 4 is 37.3 Å². The lowest BCUT2D eigenvalue weighted by Gasteiger charge is -2.22. The smallest absolute Gasteiger partial charge is 0.242 e. The Labute approximate surface area is 138 Å². The van der Waals surface area contributed by atoms with Crippen LogP contribution in [0.5, 0.6) is 0 Å². The summed E-state index contributed by atoms with van der Waals surface area (Å²) < 4.78 is 28.9. The van der Waals surface area contributed by atoms with Crippen LogP contribution in [0, 0.1) is 11.8 Å². The molecule has 0 aliphatic heterocycles. The van der Waals surface area contributed by atoms with E-state index in [1.165, 1.54) is 30.6 Å². The Morgan fingerprint density at radius 2 is 2.19 bits per heavy atom. The summed E-state index contributed by atoms with van der Waals surface area (Å²) in [6, 6.07) is 1.92. The molecule has 7 heteroatoms. The minimum atomic E-state index is -3.42. The molecule has 0 aromatic carbocycles. The van der Waals surface area contributed by atoms with Crippen molar-refractivity contribution in [3.05, 3.63) is 14.7 Å². The highest BCUT2D eigenvalue weighted by Crippen LogP contribution is 2.45. The molecule has 2 saturated carbocycles. The lowest BCUT2D eigenvalue weighted by Crippen LogP contribution is -2.38. The van der Waals surface area contributed by atoms with E-state index in [0.29, 0.717) is 21.1 Å². The van der Waals surface area contributed by atoms with Gasteiger partial charge in [-0.15, -0.1) is 11.3 Å². The zero-order valence-corrected chi connectivity index (χ0v) is 15.3. The number of thiophene rings is 1. The van der Waals surface area contributed by atoms with Gasteiger partial charge in [0.2, 0.25) is 10.0 Å². The first kappa shape index (κ1) is 15.9. The minimum Gasteiger partial charge on any atom is -0.312 e. The Hall–Kier alpha value is 0.0500. The SMILES string of the molecule is CCNCc1cc(S(=O)(=O)NC2CC3CCC2C3)c(Br)s1. The molecule has 0 amide bonds. The molecule has 2 fully saturated rings. The standard InChI is InChI=1S/C14H21BrN2O2S2/c1-2-16-8-11-7-13(14(15)20-11)21(18,19)17-12-6-9-3-4-10(12)5-9/h7,9-10,12,16-17H,2-6,8H2,1H3. The Balaban J connectivity index is 1.74. The Bertz CT molecular complexity index is 614. The van der Waals surface area contributed by atoms with E-state index in [-0.39, 0.29) is 6.04 Å². The zero-order valence-electron chi connectivity index (χ0n) is 12.1. The Kier molecular flexibility index (Phi) is 4.76. The fourth-order valence-electron chi connectivity index (χ4n) is 3.57. The molecule has 21 heavy (non-hydrogen) atoms. The average Bonchev–Trinajstić information content (AvgIpc) is 3.11. The second kappa shape index (κ2) is 6.28. The lowest BCUT2D eigenvalue weighted by molar-refractivity contribution is 0.390. The van der Waals surface area contributed by atoms with Crippen molar-refractivity contribution in [1.29, 1.82) is 0 Å². The molecular formula is C14H21BrN2O2S2. The maximum Gasteiger partial charge on any atom is 0.242 e. The molecule has 3 rings (SSSR count). The maximum absolute atomic E-state index is 12.6. The van der Waals surface area contributed by atoms with Gasteiger partial charge in [-0.1, -0.05) is 13.3 Å². The van der Waals surface area contributed by atoms with E-state index >= 15 is 0 Å². The first-order valence-corrected chi connectivity index (χ1v) is 10.6. The molecule has 118 valence electrons. The maximum atomic E-state index is 12.6. The van der Waals surface area contributed by atoms with Crippen LogP contribution in [0.1, 0.15) is 37.5 Å². The third kappa shape index (κ3) is 3.37. The van der Waals surface area contributed by atoms with Crippen LogP contribution in [-0.4, -0.2) is 21.0 Å². The summed E-state index contributed by atoms with van der Waals surface area (Å²) in [4.78, 5) is 1.43. The predicted molar refractivity (Wildman–Crippen MR) is 89.0 cm³/mol. The van der Waals surface area contributed by atoms with Crippen LogP contribution >= 0.6 is 27.3 Å². The van der Waals surface area contributed by atoms with Gasteiger partial charge < -0.3 is 5.32 Å². The van der Waals surface area contributed by atoms with E-state index in [9.17, 15) is 8.42 Å². The minimum absolute atomic E-state index is 0.137. The van der Waals surface area contributed by atoms with Crippen molar-refractivity contribution < 1.29 is 8.42 Å².